The molecule has 0 aliphatic carbocycles. The van der Waals surface area contributed by atoms with Crippen molar-refractivity contribution >= 4 is 42.0 Å². The van der Waals surface area contributed by atoms with E-state index in [1.165, 1.54) is 10.8 Å². The molecule has 1 aliphatic heterocycles. The van der Waals surface area contributed by atoms with E-state index in [0.717, 1.165) is 0 Å². The third kappa shape index (κ3) is 7.40. The molecule has 2 unspecified atom stereocenters. The Labute approximate surface area is 166 Å². The summed E-state index contributed by atoms with van der Waals surface area (Å²) in [6.07, 6.45) is 0.516. The topological polar surface area (TPSA) is 224 Å². The Morgan fingerprint density at radius 3 is 2.45 bits per heavy atom. The van der Waals surface area contributed by atoms with Crippen molar-refractivity contribution in [1.29, 1.82) is 0 Å². The molecule has 2 rings (SSSR count). The van der Waals surface area contributed by atoms with Crippen LogP contribution in [0.5, 0.6) is 0 Å². The van der Waals surface area contributed by atoms with Crippen LogP contribution in [0.3, 0.4) is 0 Å². The molecule has 15 nitrogen and oxygen atoms in total. The molecule has 0 spiro atoms. The highest BCUT2D eigenvalue weighted by atomic mass is 32.1. The molecular weight excluding hydrogens is 481 g/mol. The molecule has 29 heavy (non-hydrogen) atoms. The number of ether oxygens (including phenoxy) is 1. The molecular formula is C10H15N2O13P3S. The summed E-state index contributed by atoms with van der Waals surface area (Å²) in [6, 6.07) is 0. The molecule has 1 saturated heterocycles. The summed E-state index contributed by atoms with van der Waals surface area (Å²) in [5, 5.41) is 0. The zero-order chi connectivity index (χ0) is 22.0. The van der Waals surface area contributed by atoms with Gasteiger partial charge in [0.25, 0.3) is 5.56 Å². The Kier molecular flexibility index (Phi) is 7.66. The Morgan fingerprint density at radius 1 is 1.21 bits per heavy atom. The van der Waals surface area contributed by atoms with Crippen LogP contribution in [0, 0.1) is 4.77 Å². The SMILES string of the molecule is O=Cc1cn([C@H]2CC[C@@H](COP(=O)(O)OP(=O)(O)OP(=O)(O)O)O2)c(=S)[nH]c1=O. The lowest BCUT2D eigenvalue weighted by atomic mass is 10.2. The van der Waals surface area contributed by atoms with Crippen molar-refractivity contribution in [2.75, 3.05) is 6.61 Å². The minimum atomic E-state index is -5.60. The van der Waals surface area contributed by atoms with Crippen molar-refractivity contribution in [1.82, 2.24) is 9.55 Å². The van der Waals surface area contributed by atoms with Gasteiger partial charge in [-0.1, -0.05) is 0 Å². The molecule has 164 valence electrons. The maximum Gasteiger partial charge on any atom is 0.490 e. The van der Waals surface area contributed by atoms with Gasteiger partial charge in [0.15, 0.2) is 11.1 Å². The number of carbonyl (C=O) groups is 1. The fourth-order valence-corrected chi connectivity index (χ4v) is 5.61. The molecule has 0 amide bonds. The summed E-state index contributed by atoms with van der Waals surface area (Å²) in [4.78, 5) is 60.1. The molecule has 0 bridgehead atoms. The van der Waals surface area contributed by atoms with Crippen LogP contribution in [0.1, 0.15) is 29.4 Å². The number of aldehydes is 1. The van der Waals surface area contributed by atoms with E-state index in [4.69, 9.17) is 31.6 Å². The third-order valence-electron chi connectivity index (χ3n) is 3.36. The van der Waals surface area contributed by atoms with Gasteiger partial charge in [-0.3, -0.25) is 23.7 Å². The smallest absolute Gasteiger partial charge is 0.352 e. The number of aromatic nitrogens is 2. The van der Waals surface area contributed by atoms with E-state index in [9.17, 15) is 28.2 Å². The number of nitrogens with one attached hydrogen (secondary N) is 1. The van der Waals surface area contributed by atoms with Crippen molar-refractivity contribution in [2.45, 2.75) is 25.2 Å². The van der Waals surface area contributed by atoms with Gasteiger partial charge in [-0.05, 0) is 25.1 Å². The van der Waals surface area contributed by atoms with Crippen LogP contribution in [0.15, 0.2) is 11.0 Å². The van der Waals surface area contributed by atoms with Crippen LogP contribution in [0.4, 0.5) is 0 Å². The molecule has 0 saturated carbocycles. The highest BCUT2D eigenvalue weighted by molar-refractivity contribution is 7.71. The van der Waals surface area contributed by atoms with Gasteiger partial charge in [0, 0.05) is 6.20 Å². The van der Waals surface area contributed by atoms with Crippen molar-refractivity contribution in [3.63, 3.8) is 0 Å². The summed E-state index contributed by atoms with van der Waals surface area (Å²) in [5.41, 5.74) is -0.873. The van der Waals surface area contributed by atoms with Crippen molar-refractivity contribution < 1.29 is 55.9 Å². The number of rotatable bonds is 9. The second kappa shape index (κ2) is 9.10. The van der Waals surface area contributed by atoms with Gasteiger partial charge in [-0.15, -0.1) is 0 Å². The largest absolute Gasteiger partial charge is 0.490 e. The maximum absolute atomic E-state index is 11.7. The van der Waals surface area contributed by atoms with Gasteiger partial charge < -0.3 is 24.3 Å². The first-order valence-corrected chi connectivity index (χ1v) is 12.4. The Bertz CT molecular complexity index is 1030. The van der Waals surface area contributed by atoms with Gasteiger partial charge in [0.2, 0.25) is 0 Å². The summed E-state index contributed by atoms with van der Waals surface area (Å²) in [5.74, 6) is 0. The lowest BCUT2D eigenvalue weighted by Gasteiger charge is -2.19. The molecule has 0 aromatic carbocycles. The number of phosphoric acid groups is 3. The van der Waals surface area contributed by atoms with Gasteiger partial charge >= 0.3 is 23.5 Å². The second-order valence-corrected chi connectivity index (χ2v) is 10.4. The molecule has 1 aromatic rings. The van der Waals surface area contributed by atoms with E-state index in [0.29, 0.717) is 12.7 Å². The Balaban J connectivity index is 1.98. The van der Waals surface area contributed by atoms with Crippen LogP contribution >= 0.6 is 35.7 Å². The second-order valence-electron chi connectivity index (χ2n) is 5.55. The highest BCUT2D eigenvalue weighted by Gasteiger charge is 2.41. The summed E-state index contributed by atoms with van der Waals surface area (Å²) in [6.45, 7) is -0.614. The predicted octanol–water partition coefficient (Wildman–Crippen LogP) is 0.739. The van der Waals surface area contributed by atoms with Gasteiger partial charge in [0.1, 0.15) is 6.23 Å². The first kappa shape index (κ1) is 24.4. The van der Waals surface area contributed by atoms with Gasteiger partial charge in [-0.2, -0.15) is 8.62 Å². The van der Waals surface area contributed by atoms with Crippen molar-refractivity contribution in [3.05, 3.63) is 26.9 Å². The number of phosphoric ester groups is 1. The van der Waals surface area contributed by atoms with E-state index in [1.807, 2.05) is 0 Å². The van der Waals surface area contributed by atoms with Crippen molar-refractivity contribution in [2.24, 2.45) is 0 Å². The normalized spacial score (nSPS) is 24.0. The number of hydrogen-bond donors (Lipinski definition) is 5. The summed E-state index contributed by atoms with van der Waals surface area (Å²) < 4.78 is 52.0. The Hall–Kier alpha value is -0.860. The van der Waals surface area contributed by atoms with E-state index >= 15 is 0 Å². The van der Waals surface area contributed by atoms with Crippen molar-refractivity contribution in [3.8, 4) is 0 Å². The van der Waals surface area contributed by atoms with Crippen LogP contribution in [-0.4, -0.2) is 48.1 Å². The van der Waals surface area contributed by atoms with Gasteiger partial charge in [-0.25, -0.2) is 13.7 Å². The first-order chi connectivity index (χ1) is 13.2. The highest BCUT2D eigenvalue weighted by Crippen LogP contribution is 2.66. The minimum Gasteiger partial charge on any atom is -0.352 e. The van der Waals surface area contributed by atoms with E-state index in [1.54, 1.807) is 0 Å². The average Bonchev–Trinajstić information content (AvgIpc) is 2.98. The lowest BCUT2D eigenvalue weighted by molar-refractivity contribution is -0.0235. The van der Waals surface area contributed by atoms with E-state index in [2.05, 4.69) is 18.1 Å². The zero-order valence-corrected chi connectivity index (χ0v) is 17.6. The molecule has 1 aliphatic rings. The lowest BCUT2D eigenvalue weighted by Crippen LogP contribution is -2.22. The number of nitrogens with zero attached hydrogens (tertiary/aromatic N) is 1. The molecule has 2 heterocycles. The number of carbonyl (C=O) groups excluding carboxylic acids is 1. The summed E-state index contributed by atoms with van der Waals surface area (Å²) >= 11 is 4.99. The first-order valence-electron chi connectivity index (χ1n) is 7.46. The minimum absolute atomic E-state index is 0.0286. The Morgan fingerprint density at radius 2 is 1.86 bits per heavy atom. The van der Waals surface area contributed by atoms with Crippen LogP contribution in [0.2, 0.25) is 0 Å². The number of hydrogen-bond acceptors (Lipinski definition) is 10. The number of aromatic amines is 1. The predicted molar refractivity (Wildman–Crippen MR) is 94.2 cm³/mol. The van der Waals surface area contributed by atoms with E-state index in [-0.39, 0.29) is 16.8 Å². The standard InChI is InChI=1S/C10H15N2O13P3S/c13-4-6-3-12(10(29)11-9(6)14)8-2-1-7(23-8)5-22-27(18,19)25-28(20,21)24-26(15,16)17/h3-4,7-8H,1-2,5H2,(H,18,19)(H,20,21)(H,11,14,29)(H2,15,16,17)/t7-,8+/m0/s1. The molecule has 5 N–H and O–H groups in total. The average molecular weight is 496 g/mol. The van der Waals surface area contributed by atoms with E-state index < -0.39 is 48.0 Å². The molecule has 1 aromatic heterocycles. The monoisotopic (exact) mass is 496 g/mol. The third-order valence-corrected chi connectivity index (χ3v) is 7.47. The molecule has 4 atom stereocenters. The quantitative estimate of drug-likeness (QED) is 0.181. The molecule has 1 fully saturated rings. The van der Waals surface area contributed by atoms with Crippen LogP contribution < -0.4 is 5.56 Å². The summed E-state index contributed by atoms with van der Waals surface area (Å²) in [7, 11) is -16.3. The maximum atomic E-state index is 11.7. The van der Waals surface area contributed by atoms with Crippen LogP contribution in [-0.2, 0) is 31.6 Å². The number of H-pyrrole nitrogens is 1. The van der Waals surface area contributed by atoms with Gasteiger partial charge in [0.05, 0.1) is 18.3 Å². The fraction of sp³-hybridized carbons (Fsp3) is 0.500. The molecule has 19 heteroatoms. The zero-order valence-electron chi connectivity index (χ0n) is 14.1. The fourth-order valence-electron chi connectivity index (χ4n) is 2.29. The van der Waals surface area contributed by atoms with Crippen LogP contribution in [0.25, 0.3) is 0 Å². The molecule has 0 radical (unpaired) electrons.